The molecule has 60 valence electrons. The smallest absolute Gasteiger partial charge is 0.230 e. The van der Waals surface area contributed by atoms with Crippen LogP contribution in [0.2, 0.25) is 0 Å². The lowest BCUT2D eigenvalue weighted by Crippen LogP contribution is -2.35. The number of hydrogen-bond acceptors (Lipinski definition) is 1. The van der Waals surface area contributed by atoms with Crippen LogP contribution < -0.4 is 0 Å². The van der Waals surface area contributed by atoms with Gasteiger partial charge in [-0.05, 0) is 12.8 Å². The molecule has 0 aromatic rings. The number of nitrogens with zero attached hydrogens (tertiary/aromatic N) is 1. The summed E-state index contributed by atoms with van der Waals surface area (Å²) in [5, 5.41) is 0. The van der Waals surface area contributed by atoms with Gasteiger partial charge in [0.15, 0.2) is 0 Å². The Hall–Kier alpha value is -0.790. The molecule has 1 heterocycles. The zero-order valence-corrected chi connectivity index (χ0v) is 6.79. The van der Waals surface area contributed by atoms with Crippen molar-refractivity contribution in [3.8, 4) is 0 Å². The molecule has 11 heavy (non-hydrogen) atoms. The highest BCUT2D eigenvalue weighted by atomic mass is 16.2. The summed E-state index contributed by atoms with van der Waals surface area (Å²) in [6, 6.07) is 0.437. The summed E-state index contributed by atoms with van der Waals surface area (Å²) >= 11 is 0. The molecule has 0 N–H and O–H groups in total. The fourth-order valence-electron chi connectivity index (χ4n) is 1.99. The highest BCUT2D eigenvalue weighted by Crippen LogP contribution is 2.32. The van der Waals surface area contributed by atoms with E-state index in [1.807, 2.05) is 4.90 Å². The minimum absolute atomic E-state index is 0.228. The maximum absolute atomic E-state index is 11.4. The molecule has 0 aromatic heterocycles. The van der Waals surface area contributed by atoms with Gasteiger partial charge in [0.1, 0.15) is 0 Å². The number of fused-ring (bicyclic) bond motifs is 2. The van der Waals surface area contributed by atoms with Crippen molar-refractivity contribution in [2.75, 3.05) is 6.54 Å². The van der Waals surface area contributed by atoms with E-state index in [-0.39, 0.29) is 5.92 Å². The molecule has 0 saturated carbocycles. The van der Waals surface area contributed by atoms with Crippen LogP contribution in [0.15, 0.2) is 12.2 Å². The van der Waals surface area contributed by atoms with Gasteiger partial charge in [-0.1, -0.05) is 19.1 Å². The first kappa shape index (κ1) is 6.89. The van der Waals surface area contributed by atoms with Crippen LogP contribution in [0, 0.1) is 5.92 Å². The monoisotopic (exact) mass is 151 g/mol. The van der Waals surface area contributed by atoms with E-state index in [0.29, 0.717) is 11.9 Å². The van der Waals surface area contributed by atoms with Crippen molar-refractivity contribution < 1.29 is 4.79 Å². The average Bonchev–Trinajstić information content (AvgIpc) is 2.54. The van der Waals surface area contributed by atoms with Crippen LogP contribution in [0.5, 0.6) is 0 Å². The van der Waals surface area contributed by atoms with Gasteiger partial charge < -0.3 is 4.90 Å². The van der Waals surface area contributed by atoms with Crippen molar-refractivity contribution in [2.24, 2.45) is 5.92 Å². The van der Waals surface area contributed by atoms with Gasteiger partial charge in [0.2, 0.25) is 5.91 Å². The summed E-state index contributed by atoms with van der Waals surface area (Å²) in [7, 11) is 0. The molecule has 2 unspecified atom stereocenters. The Bertz CT molecular complexity index is 210. The topological polar surface area (TPSA) is 20.3 Å². The number of hydrogen-bond donors (Lipinski definition) is 0. The number of rotatable bonds is 2. The highest BCUT2D eigenvalue weighted by molar-refractivity contribution is 5.85. The SMILES string of the molecule is CCCN1C(=O)C2C=CC1C2. The highest BCUT2D eigenvalue weighted by Gasteiger charge is 2.39. The Morgan fingerprint density at radius 2 is 2.45 bits per heavy atom. The molecule has 2 atom stereocenters. The third kappa shape index (κ3) is 0.889. The van der Waals surface area contributed by atoms with Gasteiger partial charge >= 0.3 is 0 Å². The van der Waals surface area contributed by atoms with Crippen molar-refractivity contribution in [1.29, 1.82) is 0 Å². The van der Waals surface area contributed by atoms with Crippen molar-refractivity contribution >= 4 is 5.91 Å². The molecule has 2 heteroatoms. The van der Waals surface area contributed by atoms with Crippen LogP contribution in [-0.4, -0.2) is 23.4 Å². The lowest BCUT2D eigenvalue weighted by atomic mass is 10.1. The second-order valence-electron chi connectivity index (χ2n) is 3.33. The molecule has 2 bridgehead atoms. The fourth-order valence-corrected chi connectivity index (χ4v) is 1.99. The molecule has 1 amide bonds. The lowest BCUT2D eigenvalue weighted by molar-refractivity contribution is -0.131. The molecule has 2 rings (SSSR count). The molecular weight excluding hydrogens is 138 g/mol. The molecule has 2 nitrogen and oxygen atoms in total. The molecule has 0 aromatic carbocycles. The van der Waals surface area contributed by atoms with E-state index in [1.165, 1.54) is 0 Å². The van der Waals surface area contributed by atoms with Crippen LogP contribution >= 0.6 is 0 Å². The van der Waals surface area contributed by atoms with Gasteiger partial charge in [0.05, 0.1) is 12.0 Å². The van der Waals surface area contributed by atoms with E-state index in [1.54, 1.807) is 0 Å². The van der Waals surface area contributed by atoms with Gasteiger partial charge in [0.25, 0.3) is 0 Å². The third-order valence-corrected chi connectivity index (χ3v) is 2.53. The molecule has 2 aliphatic rings. The summed E-state index contributed by atoms with van der Waals surface area (Å²) in [6.07, 6.45) is 6.34. The Kier molecular flexibility index (Phi) is 1.48. The molecule has 0 radical (unpaired) electrons. The predicted octanol–water partition coefficient (Wildman–Crippen LogP) is 1.18. The van der Waals surface area contributed by atoms with E-state index >= 15 is 0 Å². The van der Waals surface area contributed by atoms with Crippen molar-refractivity contribution in [3.05, 3.63) is 12.2 Å². The number of amides is 1. The van der Waals surface area contributed by atoms with E-state index < -0.39 is 0 Å². The number of carbonyl (C=O) groups excluding carboxylic acids is 1. The first-order valence-corrected chi connectivity index (χ1v) is 4.31. The number of likely N-dealkylation sites (tertiary alicyclic amines) is 1. The first-order valence-electron chi connectivity index (χ1n) is 4.31. The molecule has 1 aliphatic carbocycles. The van der Waals surface area contributed by atoms with E-state index in [4.69, 9.17) is 0 Å². The summed E-state index contributed by atoms with van der Waals surface area (Å²) < 4.78 is 0. The van der Waals surface area contributed by atoms with Crippen LogP contribution in [0.3, 0.4) is 0 Å². The second-order valence-corrected chi connectivity index (χ2v) is 3.33. The summed E-state index contributed by atoms with van der Waals surface area (Å²) in [5.41, 5.74) is 0. The zero-order valence-electron chi connectivity index (χ0n) is 6.79. The standard InChI is InChI=1S/C9H13NO/c1-2-5-10-8-4-3-7(6-8)9(10)11/h3-4,7-8H,2,5-6H2,1H3. The fraction of sp³-hybridized carbons (Fsp3) is 0.667. The maximum Gasteiger partial charge on any atom is 0.230 e. The van der Waals surface area contributed by atoms with Crippen LogP contribution in [0.25, 0.3) is 0 Å². The van der Waals surface area contributed by atoms with Gasteiger partial charge in [-0.25, -0.2) is 0 Å². The maximum atomic E-state index is 11.4. The Morgan fingerprint density at radius 1 is 1.64 bits per heavy atom. The average molecular weight is 151 g/mol. The van der Waals surface area contributed by atoms with Crippen LogP contribution in [-0.2, 0) is 4.79 Å². The predicted molar refractivity (Wildman–Crippen MR) is 43.0 cm³/mol. The normalized spacial score (nSPS) is 33.9. The van der Waals surface area contributed by atoms with Crippen molar-refractivity contribution in [1.82, 2.24) is 4.90 Å². The Balaban J connectivity index is 2.12. The lowest BCUT2D eigenvalue weighted by Gasteiger charge is -2.23. The van der Waals surface area contributed by atoms with E-state index in [0.717, 1.165) is 19.4 Å². The van der Waals surface area contributed by atoms with Crippen LogP contribution in [0.4, 0.5) is 0 Å². The van der Waals surface area contributed by atoms with Gasteiger partial charge in [0, 0.05) is 6.54 Å². The summed E-state index contributed by atoms with van der Waals surface area (Å²) in [4.78, 5) is 13.4. The van der Waals surface area contributed by atoms with Gasteiger partial charge in [-0.2, -0.15) is 0 Å². The summed E-state index contributed by atoms with van der Waals surface area (Å²) in [6.45, 7) is 3.05. The minimum atomic E-state index is 0.228. The molecular formula is C9H13NO. The third-order valence-electron chi connectivity index (χ3n) is 2.53. The molecule has 1 aliphatic heterocycles. The minimum Gasteiger partial charge on any atom is -0.336 e. The largest absolute Gasteiger partial charge is 0.336 e. The molecule has 1 saturated heterocycles. The van der Waals surface area contributed by atoms with Gasteiger partial charge in [-0.3, -0.25) is 4.79 Å². The van der Waals surface area contributed by atoms with Crippen LogP contribution in [0.1, 0.15) is 19.8 Å². The van der Waals surface area contributed by atoms with E-state index in [2.05, 4.69) is 19.1 Å². The number of carbonyl (C=O) groups is 1. The molecule has 0 spiro atoms. The quantitative estimate of drug-likeness (QED) is 0.543. The summed E-state index contributed by atoms with van der Waals surface area (Å²) in [5.74, 6) is 0.575. The second kappa shape index (κ2) is 2.36. The zero-order chi connectivity index (χ0) is 7.84. The van der Waals surface area contributed by atoms with Crippen molar-refractivity contribution in [3.63, 3.8) is 0 Å². The Morgan fingerprint density at radius 3 is 3.00 bits per heavy atom. The molecule has 1 fully saturated rings. The first-order chi connectivity index (χ1) is 5.33. The van der Waals surface area contributed by atoms with E-state index in [9.17, 15) is 4.79 Å². The van der Waals surface area contributed by atoms with Crippen molar-refractivity contribution in [2.45, 2.75) is 25.8 Å². The van der Waals surface area contributed by atoms with Gasteiger partial charge in [-0.15, -0.1) is 0 Å². The Labute approximate surface area is 66.9 Å².